The van der Waals surface area contributed by atoms with Crippen LogP contribution in [-0.2, 0) is 6.54 Å². The van der Waals surface area contributed by atoms with Gasteiger partial charge in [0.15, 0.2) is 0 Å². The molecule has 0 bridgehead atoms. The van der Waals surface area contributed by atoms with Gasteiger partial charge in [0.25, 0.3) is 0 Å². The van der Waals surface area contributed by atoms with Crippen molar-refractivity contribution in [1.82, 2.24) is 19.8 Å². The Bertz CT molecular complexity index is 301. The minimum absolute atomic E-state index is 0.481. The quantitative estimate of drug-likeness (QED) is 0.800. The molecule has 4 heteroatoms. The smallest absolute Gasteiger partial charge is 0.0948 e. The highest BCUT2D eigenvalue weighted by Gasteiger charge is 2.20. The van der Waals surface area contributed by atoms with Crippen molar-refractivity contribution in [3.05, 3.63) is 18.2 Å². The molecular formula is C11H20N4. The van der Waals surface area contributed by atoms with Gasteiger partial charge in [0, 0.05) is 45.0 Å². The monoisotopic (exact) mass is 208 g/mol. The van der Waals surface area contributed by atoms with Crippen LogP contribution in [0.4, 0.5) is 0 Å². The topological polar surface area (TPSA) is 33.1 Å². The van der Waals surface area contributed by atoms with Crippen LogP contribution in [0.1, 0.15) is 25.6 Å². The zero-order valence-electron chi connectivity index (χ0n) is 9.61. The highest BCUT2D eigenvalue weighted by molar-refractivity contribution is 5.05. The summed E-state index contributed by atoms with van der Waals surface area (Å²) >= 11 is 0. The van der Waals surface area contributed by atoms with Crippen molar-refractivity contribution in [3.8, 4) is 0 Å². The summed E-state index contributed by atoms with van der Waals surface area (Å²) in [5, 5.41) is 3.38. The molecular weight excluding hydrogens is 188 g/mol. The van der Waals surface area contributed by atoms with Crippen molar-refractivity contribution in [2.24, 2.45) is 0 Å². The molecule has 2 rings (SSSR count). The number of aromatic nitrogens is 2. The van der Waals surface area contributed by atoms with Gasteiger partial charge in [-0.05, 0) is 13.8 Å². The second kappa shape index (κ2) is 4.77. The molecule has 0 saturated carbocycles. The number of hydrogen-bond donors (Lipinski definition) is 1. The molecule has 1 atom stereocenters. The molecule has 0 amide bonds. The first-order valence-corrected chi connectivity index (χ1v) is 5.77. The Kier molecular flexibility index (Phi) is 3.38. The zero-order chi connectivity index (χ0) is 10.7. The maximum Gasteiger partial charge on any atom is 0.0948 e. The van der Waals surface area contributed by atoms with E-state index in [0.717, 1.165) is 32.7 Å². The molecule has 1 aromatic heterocycles. The summed E-state index contributed by atoms with van der Waals surface area (Å²) in [6, 6.07) is 0.481. The van der Waals surface area contributed by atoms with Gasteiger partial charge in [0.2, 0.25) is 0 Å². The number of nitrogens with one attached hydrogen (secondary N) is 1. The first kappa shape index (κ1) is 10.6. The predicted molar refractivity (Wildman–Crippen MR) is 60.8 cm³/mol. The fourth-order valence-electron chi connectivity index (χ4n) is 2.20. The molecule has 0 aromatic carbocycles. The predicted octanol–water partition coefficient (Wildman–Crippen LogP) is 0.869. The summed E-state index contributed by atoms with van der Waals surface area (Å²) in [5.74, 6) is 0. The lowest BCUT2D eigenvalue weighted by molar-refractivity contribution is 0.179. The maximum absolute atomic E-state index is 4.23. The van der Waals surface area contributed by atoms with Crippen molar-refractivity contribution in [3.63, 3.8) is 0 Å². The lowest BCUT2D eigenvalue weighted by Gasteiger charge is -2.33. The van der Waals surface area contributed by atoms with Crippen molar-refractivity contribution in [2.75, 3.05) is 26.2 Å². The molecule has 0 aliphatic carbocycles. The van der Waals surface area contributed by atoms with Gasteiger partial charge in [-0.25, -0.2) is 4.98 Å². The van der Waals surface area contributed by atoms with Crippen molar-refractivity contribution >= 4 is 0 Å². The lowest BCUT2D eigenvalue weighted by atomic mass is 10.2. The van der Waals surface area contributed by atoms with Crippen LogP contribution in [0.15, 0.2) is 12.5 Å². The molecule has 0 spiro atoms. The molecule has 15 heavy (non-hydrogen) atoms. The van der Waals surface area contributed by atoms with Gasteiger partial charge in [-0.3, -0.25) is 4.90 Å². The van der Waals surface area contributed by atoms with E-state index in [1.165, 1.54) is 5.69 Å². The molecule has 1 aliphatic rings. The van der Waals surface area contributed by atoms with E-state index in [4.69, 9.17) is 0 Å². The number of aryl methyl sites for hydroxylation is 1. The number of imidazole rings is 1. The number of rotatable bonds is 3. The van der Waals surface area contributed by atoms with E-state index in [2.05, 4.69) is 33.6 Å². The minimum Gasteiger partial charge on any atom is -0.333 e. The van der Waals surface area contributed by atoms with E-state index in [1.807, 2.05) is 12.5 Å². The Morgan fingerprint density at radius 2 is 2.20 bits per heavy atom. The summed E-state index contributed by atoms with van der Waals surface area (Å²) in [6.45, 7) is 9.91. The SMILES string of the molecule is CCn1cncc1C(C)N1CCNCC1. The van der Waals surface area contributed by atoms with E-state index in [9.17, 15) is 0 Å². The van der Waals surface area contributed by atoms with Crippen LogP contribution in [0.5, 0.6) is 0 Å². The Morgan fingerprint density at radius 1 is 1.47 bits per heavy atom. The van der Waals surface area contributed by atoms with Gasteiger partial charge in [-0.1, -0.05) is 0 Å². The first-order chi connectivity index (χ1) is 7.33. The molecule has 1 fully saturated rings. The molecule has 1 unspecified atom stereocenters. The fourth-order valence-corrected chi connectivity index (χ4v) is 2.20. The fraction of sp³-hybridized carbons (Fsp3) is 0.727. The average Bonchev–Trinajstić information content (AvgIpc) is 2.77. The van der Waals surface area contributed by atoms with E-state index >= 15 is 0 Å². The molecule has 0 radical (unpaired) electrons. The third-order valence-electron chi connectivity index (χ3n) is 3.21. The van der Waals surface area contributed by atoms with Crippen LogP contribution < -0.4 is 5.32 Å². The van der Waals surface area contributed by atoms with Crippen LogP contribution >= 0.6 is 0 Å². The average molecular weight is 208 g/mol. The van der Waals surface area contributed by atoms with Gasteiger partial charge >= 0.3 is 0 Å². The third kappa shape index (κ3) is 2.21. The summed E-state index contributed by atoms with van der Waals surface area (Å²) in [4.78, 5) is 6.74. The van der Waals surface area contributed by atoms with Crippen molar-refractivity contribution in [2.45, 2.75) is 26.4 Å². The number of piperazine rings is 1. The summed E-state index contributed by atoms with van der Waals surface area (Å²) in [7, 11) is 0. The summed E-state index contributed by atoms with van der Waals surface area (Å²) in [6.07, 6.45) is 3.92. The Labute approximate surface area is 91.3 Å². The van der Waals surface area contributed by atoms with Gasteiger partial charge in [-0.2, -0.15) is 0 Å². The van der Waals surface area contributed by atoms with Gasteiger partial charge in [0.1, 0.15) is 0 Å². The summed E-state index contributed by atoms with van der Waals surface area (Å²) in [5.41, 5.74) is 1.33. The minimum atomic E-state index is 0.481. The van der Waals surface area contributed by atoms with Gasteiger partial charge in [0.05, 0.1) is 12.0 Å². The van der Waals surface area contributed by atoms with Gasteiger partial charge < -0.3 is 9.88 Å². The molecule has 1 aromatic rings. The van der Waals surface area contributed by atoms with Crippen LogP contribution in [0.25, 0.3) is 0 Å². The molecule has 1 saturated heterocycles. The summed E-state index contributed by atoms with van der Waals surface area (Å²) < 4.78 is 2.23. The second-order valence-electron chi connectivity index (χ2n) is 4.07. The van der Waals surface area contributed by atoms with E-state index in [-0.39, 0.29) is 0 Å². The number of hydrogen-bond acceptors (Lipinski definition) is 3. The second-order valence-corrected chi connectivity index (χ2v) is 4.07. The first-order valence-electron chi connectivity index (χ1n) is 5.77. The standard InChI is InChI=1S/C11H20N4/c1-3-14-9-13-8-11(14)10(2)15-6-4-12-5-7-15/h8-10,12H,3-7H2,1-2H3. The highest BCUT2D eigenvalue weighted by Crippen LogP contribution is 2.19. The zero-order valence-corrected chi connectivity index (χ0v) is 9.61. The van der Waals surface area contributed by atoms with Crippen LogP contribution in [0.3, 0.4) is 0 Å². The van der Waals surface area contributed by atoms with E-state index in [0.29, 0.717) is 6.04 Å². The largest absolute Gasteiger partial charge is 0.333 e. The van der Waals surface area contributed by atoms with E-state index < -0.39 is 0 Å². The Morgan fingerprint density at radius 3 is 2.87 bits per heavy atom. The molecule has 84 valence electrons. The normalized spacial score (nSPS) is 20.4. The van der Waals surface area contributed by atoms with Crippen molar-refractivity contribution in [1.29, 1.82) is 0 Å². The van der Waals surface area contributed by atoms with Crippen molar-refractivity contribution < 1.29 is 0 Å². The van der Waals surface area contributed by atoms with Gasteiger partial charge in [-0.15, -0.1) is 0 Å². The molecule has 4 nitrogen and oxygen atoms in total. The lowest BCUT2D eigenvalue weighted by Crippen LogP contribution is -2.44. The Hall–Kier alpha value is -0.870. The van der Waals surface area contributed by atoms with E-state index in [1.54, 1.807) is 0 Å². The maximum atomic E-state index is 4.23. The molecule has 1 aliphatic heterocycles. The third-order valence-corrected chi connectivity index (χ3v) is 3.21. The van der Waals surface area contributed by atoms with Crippen LogP contribution in [-0.4, -0.2) is 40.6 Å². The van der Waals surface area contributed by atoms with Crippen LogP contribution in [0, 0.1) is 0 Å². The highest BCUT2D eigenvalue weighted by atomic mass is 15.2. The molecule has 1 N–H and O–H groups in total. The number of nitrogens with zero attached hydrogens (tertiary/aromatic N) is 3. The van der Waals surface area contributed by atoms with Crippen LogP contribution in [0.2, 0.25) is 0 Å². The molecule has 2 heterocycles. The Balaban J connectivity index is 2.08.